The highest BCUT2D eigenvalue weighted by molar-refractivity contribution is 6.07. The Morgan fingerprint density at radius 3 is 2.52 bits per heavy atom. The number of aliphatic hydroxyl groups excluding tert-OH is 1. The maximum atomic E-state index is 14.1. The molecule has 1 fully saturated rings. The van der Waals surface area contributed by atoms with Gasteiger partial charge in [-0.1, -0.05) is 74.4 Å². The summed E-state index contributed by atoms with van der Waals surface area (Å²) < 4.78 is 0. The molecule has 2 atom stereocenters. The van der Waals surface area contributed by atoms with E-state index in [4.69, 9.17) is 0 Å². The van der Waals surface area contributed by atoms with E-state index in [9.17, 15) is 34.7 Å². The third kappa shape index (κ3) is 7.48. The molecule has 252 valence electrons. The molecule has 5 rings (SSSR count). The third-order valence-corrected chi connectivity index (χ3v) is 9.17. The van der Waals surface area contributed by atoms with Crippen molar-refractivity contribution in [3.63, 3.8) is 0 Å². The van der Waals surface area contributed by atoms with E-state index in [1.807, 2.05) is 54.6 Å². The Balaban J connectivity index is 1.38. The fourth-order valence-electron chi connectivity index (χ4n) is 6.50. The molecule has 48 heavy (non-hydrogen) atoms. The number of amides is 3. The Hall–Kier alpha value is -4.87. The summed E-state index contributed by atoms with van der Waals surface area (Å²) >= 11 is 0. The molecule has 11 nitrogen and oxygen atoms in total. The monoisotopic (exact) mass is 654 g/mol. The first-order valence-electron chi connectivity index (χ1n) is 16.4. The lowest BCUT2D eigenvalue weighted by molar-refractivity contribution is -0.385. The number of hydrogen-bond donors (Lipinski definition) is 2. The number of rotatable bonds is 12. The molecule has 2 heterocycles. The van der Waals surface area contributed by atoms with Crippen molar-refractivity contribution in [1.29, 1.82) is 0 Å². The van der Waals surface area contributed by atoms with Crippen molar-refractivity contribution >= 4 is 34.8 Å². The summed E-state index contributed by atoms with van der Waals surface area (Å²) in [7, 11) is 0. The summed E-state index contributed by atoms with van der Waals surface area (Å²) in [6, 6.07) is 20.9. The molecule has 1 saturated heterocycles. The average Bonchev–Trinajstić information content (AvgIpc) is 3.29. The molecule has 11 heteroatoms. The maximum absolute atomic E-state index is 14.1. The Labute approximate surface area is 280 Å². The van der Waals surface area contributed by atoms with Gasteiger partial charge in [-0.3, -0.25) is 24.5 Å². The number of carbonyl (C=O) groups excluding carboxylic acids is 3. The second-order valence-corrected chi connectivity index (χ2v) is 12.4. The molecule has 3 aromatic carbocycles. The van der Waals surface area contributed by atoms with Crippen molar-refractivity contribution in [2.75, 3.05) is 29.5 Å². The van der Waals surface area contributed by atoms with Gasteiger partial charge in [-0.2, -0.15) is 0 Å². The number of nitro groups is 1. The minimum atomic E-state index is -2.13. The van der Waals surface area contributed by atoms with Crippen LogP contribution in [0.25, 0.3) is 0 Å². The molecule has 0 unspecified atom stereocenters. The first-order valence-corrected chi connectivity index (χ1v) is 16.4. The van der Waals surface area contributed by atoms with Crippen LogP contribution in [0.3, 0.4) is 0 Å². The minimum absolute atomic E-state index is 0.0328. The van der Waals surface area contributed by atoms with Crippen LogP contribution in [0.1, 0.15) is 62.1 Å². The molecule has 0 radical (unpaired) electrons. The van der Waals surface area contributed by atoms with Crippen molar-refractivity contribution in [3.8, 4) is 0 Å². The number of carbonyl (C=O) groups is 3. The molecule has 2 aliphatic heterocycles. The highest BCUT2D eigenvalue weighted by Crippen LogP contribution is 2.47. The highest BCUT2D eigenvalue weighted by atomic mass is 16.6. The second-order valence-electron chi connectivity index (χ2n) is 12.4. The fraction of sp³-hybridized carbons (Fsp3) is 0.378. The molecule has 0 bridgehead atoms. The van der Waals surface area contributed by atoms with E-state index < -0.39 is 22.3 Å². The van der Waals surface area contributed by atoms with Crippen molar-refractivity contribution in [2.24, 2.45) is 5.92 Å². The van der Waals surface area contributed by atoms with Crippen LogP contribution in [0.15, 0.2) is 84.9 Å². The zero-order valence-electron chi connectivity index (χ0n) is 27.2. The Morgan fingerprint density at radius 2 is 1.77 bits per heavy atom. The zero-order chi connectivity index (χ0) is 34.3. The van der Waals surface area contributed by atoms with Gasteiger partial charge >= 0.3 is 0 Å². The van der Waals surface area contributed by atoms with Crippen LogP contribution < -0.4 is 9.80 Å². The predicted octanol–water partition coefficient (Wildman–Crippen LogP) is 5.23. The molecule has 3 amide bonds. The van der Waals surface area contributed by atoms with E-state index in [0.29, 0.717) is 25.2 Å². The fourth-order valence-corrected chi connectivity index (χ4v) is 6.50. The Kier molecular flexibility index (Phi) is 11.0. The van der Waals surface area contributed by atoms with Crippen molar-refractivity contribution in [1.82, 2.24) is 4.90 Å². The van der Waals surface area contributed by atoms with Crippen LogP contribution in [-0.4, -0.2) is 57.5 Å². The number of nitrogens with zero attached hydrogens (tertiary/aromatic N) is 4. The van der Waals surface area contributed by atoms with E-state index in [0.717, 1.165) is 42.5 Å². The molecule has 0 aliphatic carbocycles. The Bertz CT molecular complexity index is 1680. The average molecular weight is 655 g/mol. The van der Waals surface area contributed by atoms with E-state index >= 15 is 0 Å². The SMILES string of the molecule is C[C@H](/C=C/CC(=O)N(CCO)Cc1ccccc1)[C@@]1(O)C(=O)N(Cc2cccc(N3CCCCCCC3=O)c2)c2ccc([N+](=O)[O-])cc21. The van der Waals surface area contributed by atoms with Gasteiger partial charge in [0.2, 0.25) is 11.8 Å². The zero-order valence-corrected chi connectivity index (χ0v) is 27.2. The minimum Gasteiger partial charge on any atom is -0.395 e. The summed E-state index contributed by atoms with van der Waals surface area (Å²) in [5.41, 5.74) is 0.479. The van der Waals surface area contributed by atoms with Crippen LogP contribution >= 0.6 is 0 Å². The quantitative estimate of drug-likeness (QED) is 0.155. The van der Waals surface area contributed by atoms with Gasteiger partial charge in [0.1, 0.15) is 0 Å². The molecular formula is C37H42N4O7. The van der Waals surface area contributed by atoms with E-state index in [1.165, 1.54) is 28.0 Å². The smallest absolute Gasteiger partial charge is 0.269 e. The van der Waals surface area contributed by atoms with Crippen LogP contribution in [0.5, 0.6) is 0 Å². The van der Waals surface area contributed by atoms with Crippen molar-refractivity contribution < 1.29 is 29.5 Å². The summed E-state index contributed by atoms with van der Waals surface area (Å²) in [5, 5.41) is 33.3. The summed E-state index contributed by atoms with van der Waals surface area (Å²) in [6.07, 6.45) is 7.47. The number of nitro benzene ring substituents is 1. The largest absolute Gasteiger partial charge is 0.395 e. The lowest BCUT2D eigenvalue weighted by Crippen LogP contribution is -2.44. The molecule has 0 aromatic heterocycles. The molecule has 0 spiro atoms. The third-order valence-electron chi connectivity index (χ3n) is 9.17. The maximum Gasteiger partial charge on any atom is 0.269 e. The van der Waals surface area contributed by atoms with Crippen LogP contribution in [0.4, 0.5) is 17.1 Å². The van der Waals surface area contributed by atoms with Gasteiger partial charge in [0.05, 0.1) is 23.8 Å². The first kappa shape index (κ1) is 34.5. The molecule has 2 N–H and O–H groups in total. The van der Waals surface area contributed by atoms with E-state index in [1.54, 1.807) is 24.0 Å². The summed E-state index contributed by atoms with van der Waals surface area (Å²) in [5.74, 6) is -1.67. The number of anilines is 2. The number of non-ortho nitro benzene ring substituents is 1. The molecule has 3 aromatic rings. The van der Waals surface area contributed by atoms with Gasteiger partial charge in [0.25, 0.3) is 11.6 Å². The van der Waals surface area contributed by atoms with Gasteiger partial charge in [-0.05, 0) is 42.2 Å². The van der Waals surface area contributed by atoms with Crippen molar-refractivity contribution in [2.45, 2.75) is 64.1 Å². The lowest BCUT2D eigenvalue weighted by atomic mass is 9.82. The second kappa shape index (κ2) is 15.4. The van der Waals surface area contributed by atoms with Crippen LogP contribution in [-0.2, 0) is 33.1 Å². The lowest BCUT2D eigenvalue weighted by Gasteiger charge is -2.28. The molecular weight excluding hydrogens is 612 g/mol. The predicted molar refractivity (Wildman–Crippen MR) is 182 cm³/mol. The van der Waals surface area contributed by atoms with Gasteiger partial charge in [-0.15, -0.1) is 0 Å². The Morgan fingerprint density at radius 1 is 1.02 bits per heavy atom. The van der Waals surface area contributed by atoms with Gasteiger partial charge in [0.15, 0.2) is 5.60 Å². The van der Waals surface area contributed by atoms with Crippen LogP contribution in [0.2, 0.25) is 0 Å². The highest BCUT2D eigenvalue weighted by Gasteiger charge is 2.53. The van der Waals surface area contributed by atoms with E-state index in [-0.39, 0.29) is 49.2 Å². The summed E-state index contributed by atoms with van der Waals surface area (Å²) in [6.45, 7) is 2.61. The number of aliphatic hydroxyl groups is 2. The number of benzene rings is 3. The van der Waals surface area contributed by atoms with Crippen molar-refractivity contribution in [3.05, 3.63) is 112 Å². The number of fused-ring (bicyclic) bond motifs is 1. The molecule has 0 saturated carbocycles. The normalized spacial score (nSPS) is 18.8. The molecule has 2 aliphatic rings. The van der Waals surface area contributed by atoms with Gasteiger partial charge < -0.3 is 24.9 Å². The number of hydrogen-bond acceptors (Lipinski definition) is 7. The van der Waals surface area contributed by atoms with Gasteiger partial charge in [0, 0.05) is 61.8 Å². The van der Waals surface area contributed by atoms with E-state index in [2.05, 4.69) is 0 Å². The topological polar surface area (TPSA) is 145 Å². The first-order chi connectivity index (χ1) is 23.1. The standard InChI is InChI=1S/C37H42N4O7/c1-27(11-9-17-34(43)38(21-22-42)25-28-12-5-4-6-13-28)37(46)32-24-31(41(47)48)18-19-33(32)40(36(37)45)26-29-14-10-15-30(23-29)39-20-8-3-2-7-16-35(39)44/h4-6,9-15,18-19,23-24,27,42,46H,2-3,7-8,16-17,20-22,25-26H2,1H3/b11-9+/t27-,37+/m1/s1. The van der Waals surface area contributed by atoms with Gasteiger partial charge in [-0.25, -0.2) is 0 Å². The van der Waals surface area contributed by atoms with Crippen LogP contribution in [0, 0.1) is 16.0 Å². The summed E-state index contributed by atoms with van der Waals surface area (Å²) in [4.78, 5) is 56.0.